The quantitative estimate of drug-likeness (QED) is 0.450. The molecule has 0 aliphatic heterocycles. The lowest BCUT2D eigenvalue weighted by molar-refractivity contribution is -0.137. The Morgan fingerprint density at radius 3 is 2.54 bits per heavy atom. The molecule has 0 spiro atoms. The zero-order chi connectivity index (χ0) is 19.2. The summed E-state index contributed by atoms with van der Waals surface area (Å²) in [6, 6.07) is 11.3. The Bertz CT molecular complexity index is 793. The third-order valence-corrected chi connectivity index (χ3v) is 4.12. The maximum Gasteiger partial charge on any atom is 0.416 e. The van der Waals surface area contributed by atoms with E-state index in [2.05, 4.69) is 5.32 Å². The van der Waals surface area contributed by atoms with Gasteiger partial charge in [0.25, 0.3) is 0 Å². The maximum atomic E-state index is 12.7. The summed E-state index contributed by atoms with van der Waals surface area (Å²) in [5.74, 6) is -0.506. The number of hydrogen-bond acceptors (Lipinski definition) is 4. The molecule has 1 N–H and O–H groups in total. The van der Waals surface area contributed by atoms with Gasteiger partial charge in [-0.3, -0.25) is 4.79 Å². The summed E-state index contributed by atoms with van der Waals surface area (Å²) in [7, 11) is 0. The van der Waals surface area contributed by atoms with Crippen LogP contribution in [0.5, 0.6) is 0 Å². The first-order valence-corrected chi connectivity index (χ1v) is 8.59. The number of ether oxygens (including phenoxy) is 1. The fourth-order valence-electron chi connectivity index (χ4n) is 2.07. The first kappa shape index (κ1) is 19.8. The second kappa shape index (κ2) is 8.75. The van der Waals surface area contributed by atoms with Gasteiger partial charge in [-0.15, -0.1) is 11.8 Å². The number of nitrogens with one attached hydrogen (secondary N) is 1. The number of halogens is 3. The Morgan fingerprint density at radius 1 is 1.12 bits per heavy atom. The van der Waals surface area contributed by atoms with Crippen LogP contribution in [0.25, 0.3) is 0 Å². The minimum atomic E-state index is -4.39. The number of benzene rings is 2. The van der Waals surface area contributed by atoms with Gasteiger partial charge in [0.05, 0.1) is 11.1 Å². The van der Waals surface area contributed by atoms with E-state index in [9.17, 15) is 22.8 Å². The molecule has 0 atom stereocenters. The van der Waals surface area contributed by atoms with E-state index in [1.807, 2.05) is 0 Å². The highest BCUT2D eigenvalue weighted by Gasteiger charge is 2.30. The number of carbonyl (C=O) groups excluding carboxylic acids is 2. The number of anilines is 1. The van der Waals surface area contributed by atoms with Gasteiger partial charge < -0.3 is 10.1 Å². The SMILES string of the molecule is CC(=O)Nc1cccc(C(=O)OCCSc2cccc(C(F)(F)F)c2)c1. The van der Waals surface area contributed by atoms with Crippen LogP contribution in [0.3, 0.4) is 0 Å². The minimum absolute atomic E-state index is 0.0457. The topological polar surface area (TPSA) is 55.4 Å². The third-order valence-electron chi connectivity index (χ3n) is 3.17. The van der Waals surface area contributed by atoms with Crippen LogP contribution in [0.15, 0.2) is 53.4 Å². The first-order chi connectivity index (χ1) is 12.3. The lowest BCUT2D eigenvalue weighted by Gasteiger charge is -2.09. The van der Waals surface area contributed by atoms with Crippen molar-refractivity contribution in [3.63, 3.8) is 0 Å². The molecule has 0 bridgehead atoms. The van der Waals surface area contributed by atoms with Gasteiger partial charge in [-0.2, -0.15) is 13.2 Å². The average Bonchev–Trinajstić information content (AvgIpc) is 2.58. The van der Waals surface area contributed by atoms with Gasteiger partial charge in [-0.25, -0.2) is 4.79 Å². The average molecular weight is 383 g/mol. The van der Waals surface area contributed by atoms with Gasteiger partial charge in [0.2, 0.25) is 5.91 Å². The summed E-state index contributed by atoms with van der Waals surface area (Å²) in [6.45, 7) is 1.40. The molecule has 0 saturated carbocycles. The van der Waals surface area contributed by atoms with E-state index in [1.54, 1.807) is 24.3 Å². The summed E-state index contributed by atoms with van der Waals surface area (Å²) >= 11 is 1.17. The summed E-state index contributed by atoms with van der Waals surface area (Å²) in [5.41, 5.74) is 0.0416. The smallest absolute Gasteiger partial charge is 0.416 e. The van der Waals surface area contributed by atoms with Gasteiger partial charge in [-0.1, -0.05) is 12.1 Å². The van der Waals surface area contributed by atoms with E-state index < -0.39 is 17.7 Å². The zero-order valence-corrected chi connectivity index (χ0v) is 14.6. The molecular weight excluding hydrogens is 367 g/mol. The van der Waals surface area contributed by atoms with Crippen LogP contribution < -0.4 is 5.32 Å². The Morgan fingerprint density at radius 2 is 1.85 bits per heavy atom. The van der Waals surface area contributed by atoms with Gasteiger partial charge in [0, 0.05) is 23.3 Å². The van der Waals surface area contributed by atoms with E-state index in [-0.39, 0.29) is 18.1 Å². The second-order valence-electron chi connectivity index (χ2n) is 5.27. The number of carbonyl (C=O) groups is 2. The van der Waals surface area contributed by atoms with Crippen molar-refractivity contribution >= 4 is 29.3 Å². The molecule has 26 heavy (non-hydrogen) atoms. The number of esters is 1. The van der Waals surface area contributed by atoms with Gasteiger partial charge in [0.1, 0.15) is 6.61 Å². The minimum Gasteiger partial charge on any atom is -0.461 e. The molecule has 4 nitrogen and oxygen atoms in total. The van der Waals surface area contributed by atoms with Crippen molar-refractivity contribution < 1.29 is 27.5 Å². The van der Waals surface area contributed by atoms with Crippen molar-refractivity contribution in [2.75, 3.05) is 17.7 Å². The number of thioether (sulfide) groups is 1. The van der Waals surface area contributed by atoms with Crippen molar-refractivity contribution in [2.24, 2.45) is 0 Å². The lowest BCUT2D eigenvalue weighted by Crippen LogP contribution is -2.10. The Hall–Kier alpha value is -2.48. The highest BCUT2D eigenvalue weighted by atomic mass is 32.2. The van der Waals surface area contributed by atoms with E-state index >= 15 is 0 Å². The second-order valence-corrected chi connectivity index (χ2v) is 6.44. The van der Waals surface area contributed by atoms with Crippen LogP contribution in [-0.2, 0) is 15.7 Å². The summed E-state index contributed by atoms with van der Waals surface area (Å²) in [5, 5.41) is 2.56. The Kier molecular flexibility index (Phi) is 6.68. The summed E-state index contributed by atoms with van der Waals surface area (Å²) in [6.07, 6.45) is -4.39. The highest BCUT2D eigenvalue weighted by molar-refractivity contribution is 7.99. The van der Waals surface area contributed by atoms with Crippen LogP contribution in [0.4, 0.5) is 18.9 Å². The molecule has 2 aromatic rings. The number of alkyl halides is 3. The Labute approximate surface area is 152 Å². The van der Waals surface area contributed by atoms with Crippen LogP contribution in [-0.4, -0.2) is 24.2 Å². The van der Waals surface area contributed by atoms with E-state index in [0.29, 0.717) is 16.3 Å². The standard InChI is InChI=1S/C18H16F3NO3S/c1-12(23)22-15-6-2-4-13(10-15)17(24)25-8-9-26-16-7-3-5-14(11-16)18(19,20)21/h2-7,10-11H,8-9H2,1H3,(H,22,23). The van der Waals surface area contributed by atoms with Crippen molar-refractivity contribution in [3.05, 3.63) is 59.7 Å². The third kappa shape index (κ3) is 6.11. The molecule has 2 aromatic carbocycles. The molecule has 0 heterocycles. The molecule has 0 radical (unpaired) electrons. The molecular formula is C18H16F3NO3S. The molecule has 1 amide bonds. The van der Waals surface area contributed by atoms with Crippen molar-refractivity contribution in [1.29, 1.82) is 0 Å². The molecule has 0 aliphatic rings. The first-order valence-electron chi connectivity index (χ1n) is 7.60. The lowest BCUT2D eigenvalue weighted by atomic mass is 10.2. The maximum absolute atomic E-state index is 12.7. The molecule has 138 valence electrons. The number of rotatable bonds is 6. The van der Waals surface area contributed by atoms with Crippen LogP contribution >= 0.6 is 11.8 Å². The zero-order valence-electron chi connectivity index (χ0n) is 13.8. The van der Waals surface area contributed by atoms with Gasteiger partial charge in [-0.05, 0) is 36.4 Å². The van der Waals surface area contributed by atoms with Gasteiger partial charge >= 0.3 is 12.1 Å². The van der Waals surface area contributed by atoms with Crippen molar-refractivity contribution in [1.82, 2.24) is 0 Å². The van der Waals surface area contributed by atoms with E-state index in [1.165, 1.54) is 30.8 Å². The highest BCUT2D eigenvalue weighted by Crippen LogP contribution is 2.31. The van der Waals surface area contributed by atoms with Gasteiger partial charge in [0.15, 0.2) is 0 Å². The van der Waals surface area contributed by atoms with Crippen LogP contribution in [0, 0.1) is 0 Å². The van der Waals surface area contributed by atoms with Crippen molar-refractivity contribution in [2.45, 2.75) is 18.0 Å². The molecule has 0 fully saturated rings. The van der Waals surface area contributed by atoms with Crippen LogP contribution in [0.2, 0.25) is 0 Å². The van der Waals surface area contributed by atoms with Crippen LogP contribution in [0.1, 0.15) is 22.8 Å². The molecule has 0 saturated heterocycles. The number of amides is 1. The summed E-state index contributed by atoms with van der Waals surface area (Å²) in [4.78, 5) is 23.5. The summed E-state index contributed by atoms with van der Waals surface area (Å²) < 4.78 is 43.1. The molecule has 2 rings (SSSR count). The predicted molar refractivity (Wildman–Crippen MR) is 93.2 cm³/mol. The van der Waals surface area contributed by atoms with E-state index in [4.69, 9.17) is 4.74 Å². The molecule has 0 unspecified atom stereocenters. The predicted octanol–water partition coefficient (Wildman–Crippen LogP) is 4.61. The molecule has 8 heteroatoms. The Balaban J connectivity index is 1.85. The molecule has 0 aliphatic carbocycles. The normalized spacial score (nSPS) is 11.1. The molecule has 0 aromatic heterocycles. The monoisotopic (exact) mass is 383 g/mol. The fraction of sp³-hybridized carbons (Fsp3) is 0.222. The van der Waals surface area contributed by atoms with E-state index in [0.717, 1.165) is 12.1 Å². The largest absolute Gasteiger partial charge is 0.461 e. The van der Waals surface area contributed by atoms with Crippen molar-refractivity contribution in [3.8, 4) is 0 Å². The number of hydrogen-bond donors (Lipinski definition) is 1. The fourth-order valence-corrected chi connectivity index (χ4v) is 2.85.